The van der Waals surface area contributed by atoms with Crippen molar-refractivity contribution in [2.24, 2.45) is 5.10 Å². The SMILES string of the molecule is Cc1ccc(S(=O)(=O)N2N=C(C(C)c3ccccc3)C[C@@H]2C)cc1. The van der Waals surface area contributed by atoms with E-state index in [1.165, 1.54) is 4.41 Å². The molecule has 2 atom stereocenters. The molecule has 0 amide bonds. The van der Waals surface area contributed by atoms with E-state index in [0.29, 0.717) is 6.42 Å². The van der Waals surface area contributed by atoms with Gasteiger partial charge in [-0.2, -0.15) is 17.9 Å². The molecule has 2 aromatic rings. The van der Waals surface area contributed by atoms with E-state index in [1.54, 1.807) is 12.1 Å². The monoisotopic (exact) mass is 342 g/mol. The van der Waals surface area contributed by atoms with Gasteiger partial charge in [0.2, 0.25) is 0 Å². The summed E-state index contributed by atoms with van der Waals surface area (Å²) in [4.78, 5) is 0.289. The van der Waals surface area contributed by atoms with Crippen molar-refractivity contribution in [3.63, 3.8) is 0 Å². The van der Waals surface area contributed by atoms with Crippen LogP contribution in [0.15, 0.2) is 64.6 Å². The van der Waals surface area contributed by atoms with Crippen LogP contribution in [0, 0.1) is 6.92 Å². The lowest BCUT2D eigenvalue weighted by atomic mass is 9.93. The molecule has 3 rings (SSSR count). The average molecular weight is 342 g/mol. The Hall–Kier alpha value is -2.14. The van der Waals surface area contributed by atoms with Gasteiger partial charge in [0.15, 0.2) is 0 Å². The summed E-state index contributed by atoms with van der Waals surface area (Å²) in [5.41, 5.74) is 3.09. The molecule has 2 aromatic carbocycles. The summed E-state index contributed by atoms with van der Waals surface area (Å²) in [7, 11) is -3.61. The molecule has 0 saturated carbocycles. The third-order valence-corrected chi connectivity index (χ3v) is 6.28. The van der Waals surface area contributed by atoms with Crippen molar-refractivity contribution in [2.75, 3.05) is 0 Å². The molecule has 0 aromatic heterocycles. The van der Waals surface area contributed by atoms with Crippen molar-refractivity contribution in [2.45, 2.75) is 44.0 Å². The van der Waals surface area contributed by atoms with Crippen molar-refractivity contribution < 1.29 is 8.42 Å². The summed E-state index contributed by atoms with van der Waals surface area (Å²) in [5.74, 6) is 0.104. The molecule has 5 heteroatoms. The maximum atomic E-state index is 12.9. The predicted molar refractivity (Wildman–Crippen MR) is 96.6 cm³/mol. The van der Waals surface area contributed by atoms with Crippen molar-refractivity contribution >= 4 is 15.7 Å². The zero-order valence-electron chi connectivity index (χ0n) is 14.2. The zero-order chi connectivity index (χ0) is 17.3. The van der Waals surface area contributed by atoms with E-state index in [-0.39, 0.29) is 16.9 Å². The Morgan fingerprint density at radius 1 is 1.08 bits per heavy atom. The highest BCUT2D eigenvalue weighted by Crippen LogP contribution is 2.30. The summed E-state index contributed by atoms with van der Waals surface area (Å²) in [6.07, 6.45) is 0.654. The predicted octanol–water partition coefficient (Wildman–Crippen LogP) is 3.94. The smallest absolute Gasteiger partial charge is 0.200 e. The highest BCUT2D eigenvalue weighted by molar-refractivity contribution is 7.89. The first-order valence-corrected chi connectivity index (χ1v) is 9.57. The van der Waals surface area contributed by atoms with Gasteiger partial charge in [-0.15, -0.1) is 0 Å². The molecule has 0 aliphatic carbocycles. The van der Waals surface area contributed by atoms with Gasteiger partial charge in [0.1, 0.15) is 0 Å². The van der Waals surface area contributed by atoms with Gasteiger partial charge in [0.05, 0.1) is 10.9 Å². The molecule has 1 aliphatic rings. The van der Waals surface area contributed by atoms with Gasteiger partial charge >= 0.3 is 0 Å². The van der Waals surface area contributed by atoms with Gasteiger partial charge in [-0.05, 0) is 31.5 Å². The van der Waals surface area contributed by atoms with Crippen molar-refractivity contribution in [3.8, 4) is 0 Å². The molecule has 1 aliphatic heterocycles. The topological polar surface area (TPSA) is 49.7 Å². The maximum Gasteiger partial charge on any atom is 0.279 e. The van der Waals surface area contributed by atoms with E-state index >= 15 is 0 Å². The lowest BCUT2D eigenvalue weighted by molar-refractivity contribution is 0.384. The minimum Gasteiger partial charge on any atom is -0.200 e. The van der Waals surface area contributed by atoms with E-state index in [9.17, 15) is 8.42 Å². The minimum atomic E-state index is -3.61. The van der Waals surface area contributed by atoms with E-state index in [4.69, 9.17) is 0 Å². The summed E-state index contributed by atoms with van der Waals surface area (Å²) in [6, 6.07) is 16.8. The number of benzene rings is 2. The first-order chi connectivity index (χ1) is 11.4. The number of aryl methyl sites for hydroxylation is 1. The second-order valence-corrected chi connectivity index (χ2v) is 8.16. The molecule has 0 fully saturated rings. The molecule has 0 spiro atoms. The number of sulfonamides is 1. The molecular formula is C19H22N2O2S. The Balaban J connectivity index is 1.91. The zero-order valence-corrected chi connectivity index (χ0v) is 15.0. The van der Waals surface area contributed by atoms with Gasteiger partial charge < -0.3 is 0 Å². The Labute approximate surface area is 143 Å². The van der Waals surface area contributed by atoms with E-state index in [1.807, 2.05) is 44.2 Å². The van der Waals surface area contributed by atoms with Crippen LogP contribution >= 0.6 is 0 Å². The highest BCUT2D eigenvalue weighted by Gasteiger charge is 2.35. The maximum absolute atomic E-state index is 12.9. The summed E-state index contributed by atoms with van der Waals surface area (Å²) in [6.45, 7) is 5.91. The Morgan fingerprint density at radius 2 is 1.71 bits per heavy atom. The lowest BCUT2D eigenvalue weighted by Gasteiger charge is -2.19. The molecule has 0 bridgehead atoms. The van der Waals surface area contributed by atoms with Crippen molar-refractivity contribution in [3.05, 3.63) is 65.7 Å². The van der Waals surface area contributed by atoms with Crippen LogP contribution in [0.5, 0.6) is 0 Å². The summed E-state index contributed by atoms with van der Waals surface area (Å²) in [5, 5.41) is 4.48. The molecule has 1 heterocycles. The fourth-order valence-electron chi connectivity index (χ4n) is 2.95. The molecule has 24 heavy (non-hydrogen) atoms. The Morgan fingerprint density at radius 3 is 2.33 bits per heavy atom. The number of hydrogen-bond donors (Lipinski definition) is 0. The number of hydrazone groups is 1. The first kappa shape index (κ1) is 16.7. The Bertz CT molecular complexity index is 843. The fraction of sp³-hybridized carbons (Fsp3) is 0.316. The van der Waals surface area contributed by atoms with Crippen LogP contribution in [0.4, 0.5) is 0 Å². The number of nitrogens with zero attached hydrogens (tertiary/aromatic N) is 2. The van der Waals surface area contributed by atoms with Crippen LogP contribution in [0.2, 0.25) is 0 Å². The average Bonchev–Trinajstić information content (AvgIpc) is 2.98. The molecule has 126 valence electrons. The molecule has 1 unspecified atom stereocenters. The van der Waals surface area contributed by atoms with Gasteiger partial charge in [0, 0.05) is 18.1 Å². The van der Waals surface area contributed by atoms with Crippen LogP contribution in [0.3, 0.4) is 0 Å². The third-order valence-electron chi connectivity index (χ3n) is 4.47. The Kier molecular flexibility index (Phi) is 4.45. The summed E-state index contributed by atoms with van der Waals surface area (Å²) >= 11 is 0. The lowest BCUT2D eigenvalue weighted by Crippen LogP contribution is -2.30. The molecule has 0 N–H and O–H groups in total. The fourth-order valence-corrected chi connectivity index (χ4v) is 4.41. The number of hydrogen-bond acceptors (Lipinski definition) is 3. The molecule has 4 nitrogen and oxygen atoms in total. The van der Waals surface area contributed by atoms with E-state index in [2.05, 4.69) is 24.2 Å². The second kappa shape index (κ2) is 6.40. The van der Waals surface area contributed by atoms with Crippen LogP contribution in [-0.2, 0) is 10.0 Å². The van der Waals surface area contributed by atoms with Crippen LogP contribution < -0.4 is 0 Å². The van der Waals surface area contributed by atoms with E-state index < -0.39 is 10.0 Å². The number of rotatable bonds is 4. The second-order valence-electron chi connectivity index (χ2n) is 6.37. The van der Waals surface area contributed by atoms with Crippen molar-refractivity contribution in [1.82, 2.24) is 4.41 Å². The van der Waals surface area contributed by atoms with E-state index in [0.717, 1.165) is 16.8 Å². The summed E-state index contributed by atoms with van der Waals surface area (Å²) < 4.78 is 27.0. The third kappa shape index (κ3) is 3.08. The van der Waals surface area contributed by atoms with Crippen molar-refractivity contribution in [1.29, 1.82) is 0 Å². The van der Waals surface area contributed by atoms with Gasteiger partial charge in [-0.1, -0.05) is 55.0 Å². The first-order valence-electron chi connectivity index (χ1n) is 8.13. The quantitative estimate of drug-likeness (QED) is 0.845. The standard InChI is InChI=1S/C19H22N2O2S/c1-14-9-11-18(12-10-14)24(22,23)21-15(2)13-19(20-21)16(3)17-7-5-4-6-8-17/h4-12,15-16H,13H2,1-3H3/t15-,16?/m0/s1. The van der Waals surface area contributed by atoms with Gasteiger partial charge in [-0.3, -0.25) is 0 Å². The molecular weight excluding hydrogens is 320 g/mol. The molecule has 0 radical (unpaired) electrons. The minimum absolute atomic E-state index is 0.104. The largest absolute Gasteiger partial charge is 0.279 e. The van der Waals surface area contributed by atoms with Crippen LogP contribution in [0.1, 0.15) is 37.3 Å². The molecule has 0 saturated heterocycles. The van der Waals surface area contributed by atoms with Gasteiger partial charge in [0.25, 0.3) is 10.0 Å². The highest BCUT2D eigenvalue weighted by atomic mass is 32.2. The van der Waals surface area contributed by atoms with Crippen LogP contribution in [-0.4, -0.2) is 24.6 Å². The normalized spacial score (nSPS) is 19.2. The van der Waals surface area contributed by atoms with Gasteiger partial charge in [-0.25, -0.2) is 0 Å². The van der Waals surface area contributed by atoms with Crippen LogP contribution in [0.25, 0.3) is 0 Å².